The molecule has 1 aromatic heterocycles. The number of aryl methyl sites for hydroxylation is 2. The third-order valence-electron chi connectivity index (χ3n) is 4.20. The number of nitrogens with zero attached hydrogens (tertiary/aromatic N) is 2. The maximum atomic E-state index is 12.8. The summed E-state index contributed by atoms with van der Waals surface area (Å²) in [4.78, 5) is 12.3. The number of benzene rings is 2. The number of thiazole rings is 1. The van der Waals surface area contributed by atoms with Crippen LogP contribution in [0.4, 0.5) is 0 Å². The van der Waals surface area contributed by atoms with Crippen molar-refractivity contribution in [2.45, 2.75) is 32.2 Å². The van der Waals surface area contributed by atoms with Crippen LogP contribution in [0.25, 0.3) is 10.2 Å². The topological polar surface area (TPSA) is 77.7 Å². The molecule has 148 valence electrons. The number of ether oxygens (including phenoxy) is 1. The van der Waals surface area contributed by atoms with Crippen LogP contribution in [-0.4, -0.2) is 25.6 Å². The summed E-state index contributed by atoms with van der Waals surface area (Å²) in [5.74, 6) is -0.453. The van der Waals surface area contributed by atoms with Crippen LogP contribution >= 0.6 is 22.9 Å². The van der Waals surface area contributed by atoms with Gasteiger partial charge in [-0.15, -0.1) is 4.40 Å². The van der Waals surface area contributed by atoms with Crippen molar-refractivity contribution in [2.75, 3.05) is 6.61 Å². The van der Waals surface area contributed by atoms with E-state index in [-0.39, 0.29) is 22.8 Å². The molecular weight excluding hydrogens is 420 g/mol. The molecule has 0 bridgehead atoms. The summed E-state index contributed by atoms with van der Waals surface area (Å²) in [5, 5.41) is 0.434. The van der Waals surface area contributed by atoms with E-state index in [0.717, 1.165) is 21.3 Å². The lowest BCUT2D eigenvalue weighted by Gasteiger charge is -2.07. The van der Waals surface area contributed by atoms with Gasteiger partial charge in [0.2, 0.25) is 4.80 Å². The van der Waals surface area contributed by atoms with E-state index in [0.29, 0.717) is 5.02 Å². The summed E-state index contributed by atoms with van der Waals surface area (Å²) in [6, 6.07) is 9.68. The van der Waals surface area contributed by atoms with Crippen LogP contribution in [0.5, 0.6) is 0 Å². The predicted octanol–water partition coefficient (Wildman–Crippen LogP) is 3.83. The number of rotatable bonds is 5. The third-order valence-corrected chi connectivity index (χ3v) is 6.89. The molecule has 0 saturated heterocycles. The Morgan fingerprint density at radius 3 is 2.46 bits per heavy atom. The van der Waals surface area contributed by atoms with E-state index in [2.05, 4.69) is 4.40 Å². The van der Waals surface area contributed by atoms with E-state index in [1.807, 2.05) is 26.0 Å². The van der Waals surface area contributed by atoms with Gasteiger partial charge in [-0.3, -0.25) is 4.79 Å². The first-order valence-electron chi connectivity index (χ1n) is 8.54. The number of aromatic nitrogens is 1. The summed E-state index contributed by atoms with van der Waals surface area (Å²) in [6.45, 7) is 5.78. The quantitative estimate of drug-likeness (QED) is 0.567. The molecule has 2 aromatic carbocycles. The molecule has 3 rings (SSSR count). The average molecular weight is 439 g/mol. The average Bonchev–Trinajstić information content (AvgIpc) is 2.92. The highest BCUT2D eigenvalue weighted by molar-refractivity contribution is 7.90. The fourth-order valence-corrected chi connectivity index (χ4v) is 5.08. The first kappa shape index (κ1) is 20.6. The van der Waals surface area contributed by atoms with Crippen molar-refractivity contribution in [3.63, 3.8) is 0 Å². The van der Waals surface area contributed by atoms with Gasteiger partial charge in [-0.2, -0.15) is 8.42 Å². The highest BCUT2D eigenvalue weighted by Crippen LogP contribution is 2.23. The molecule has 9 heteroatoms. The van der Waals surface area contributed by atoms with E-state index in [1.54, 1.807) is 11.5 Å². The molecule has 0 radical (unpaired) electrons. The molecular formula is C19H19ClN2O4S2. The Bertz CT molecular complexity index is 1210. The molecule has 0 aliphatic rings. The molecule has 28 heavy (non-hydrogen) atoms. The number of hydrogen-bond donors (Lipinski definition) is 0. The number of halogens is 1. The largest absolute Gasteiger partial charge is 0.465 e. The molecule has 0 spiro atoms. The van der Waals surface area contributed by atoms with Gasteiger partial charge in [0.25, 0.3) is 10.0 Å². The minimum Gasteiger partial charge on any atom is -0.465 e. The smallest absolute Gasteiger partial charge is 0.326 e. The van der Waals surface area contributed by atoms with E-state index in [9.17, 15) is 13.2 Å². The van der Waals surface area contributed by atoms with Gasteiger partial charge in [0.05, 0.1) is 21.7 Å². The SMILES string of the molecule is CCOC(=O)Cn1/c(=N/S(=O)(=O)c2ccc(Cl)cc2)sc2cc(C)c(C)cc21. The number of fused-ring (bicyclic) bond motifs is 1. The van der Waals surface area contributed by atoms with Gasteiger partial charge in [-0.25, -0.2) is 0 Å². The minimum absolute atomic E-state index is 0.0319. The lowest BCUT2D eigenvalue weighted by Crippen LogP contribution is -2.23. The summed E-state index contributed by atoms with van der Waals surface area (Å²) in [6.07, 6.45) is 0. The zero-order valence-corrected chi connectivity index (χ0v) is 18.0. The van der Waals surface area contributed by atoms with Gasteiger partial charge in [0.1, 0.15) is 6.54 Å². The molecule has 0 unspecified atom stereocenters. The fraction of sp³-hybridized carbons (Fsp3) is 0.263. The molecule has 0 aliphatic carbocycles. The Kier molecular flexibility index (Phi) is 5.92. The lowest BCUT2D eigenvalue weighted by molar-refractivity contribution is -0.143. The van der Waals surface area contributed by atoms with Crippen molar-refractivity contribution < 1.29 is 17.9 Å². The van der Waals surface area contributed by atoms with Gasteiger partial charge in [0, 0.05) is 5.02 Å². The Balaban J connectivity index is 2.22. The first-order valence-corrected chi connectivity index (χ1v) is 11.2. The molecule has 0 atom stereocenters. The zero-order chi connectivity index (χ0) is 20.5. The zero-order valence-electron chi connectivity index (χ0n) is 15.6. The predicted molar refractivity (Wildman–Crippen MR) is 110 cm³/mol. The Labute approximate surface area is 172 Å². The Morgan fingerprint density at radius 1 is 1.18 bits per heavy atom. The summed E-state index contributed by atoms with van der Waals surface area (Å²) in [5.41, 5.74) is 2.85. The van der Waals surface area contributed by atoms with Crippen LogP contribution < -0.4 is 4.80 Å². The maximum absolute atomic E-state index is 12.8. The number of sulfonamides is 1. The van der Waals surface area contributed by atoms with Crippen LogP contribution in [0.2, 0.25) is 5.02 Å². The second-order valence-corrected chi connectivity index (χ2v) is 9.25. The molecule has 0 saturated carbocycles. The molecule has 3 aromatic rings. The van der Waals surface area contributed by atoms with Crippen LogP contribution in [0.3, 0.4) is 0 Å². The fourth-order valence-electron chi connectivity index (χ4n) is 2.64. The number of carbonyl (C=O) groups excluding carboxylic acids is 1. The van der Waals surface area contributed by atoms with Crippen molar-refractivity contribution in [3.8, 4) is 0 Å². The third kappa shape index (κ3) is 4.29. The van der Waals surface area contributed by atoms with Gasteiger partial charge in [0.15, 0.2) is 0 Å². The van der Waals surface area contributed by atoms with E-state index in [1.165, 1.54) is 35.6 Å². The van der Waals surface area contributed by atoms with Crippen molar-refractivity contribution in [1.29, 1.82) is 0 Å². The molecule has 0 N–H and O–H groups in total. The molecule has 0 aliphatic heterocycles. The molecule has 0 amide bonds. The molecule has 1 heterocycles. The number of carbonyl (C=O) groups is 1. The molecule has 0 fully saturated rings. The Morgan fingerprint density at radius 2 is 1.82 bits per heavy atom. The normalized spacial score (nSPS) is 12.5. The second-order valence-electron chi connectivity index (χ2n) is 6.20. The Hall–Kier alpha value is -2.16. The second kappa shape index (κ2) is 8.06. The monoisotopic (exact) mass is 438 g/mol. The number of hydrogen-bond acceptors (Lipinski definition) is 5. The van der Waals surface area contributed by atoms with Crippen LogP contribution in [0.1, 0.15) is 18.1 Å². The van der Waals surface area contributed by atoms with Gasteiger partial charge < -0.3 is 9.30 Å². The van der Waals surface area contributed by atoms with Gasteiger partial charge in [-0.05, 0) is 68.3 Å². The van der Waals surface area contributed by atoms with E-state index >= 15 is 0 Å². The van der Waals surface area contributed by atoms with Gasteiger partial charge >= 0.3 is 5.97 Å². The van der Waals surface area contributed by atoms with E-state index in [4.69, 9.17) is 16.3 Å². The van der Waals surface area contributed by atoms with Crippen LogP contribution in [0, 0.1) is 13.8 Å². The first-order chi connectivity index (χ1) is 13.2. The summed E-state index contributed by atoms with van der Waals surface area (Å²) >= 11 is 7.05. The van der Waals surface area contributed by atoms with Crippen molar-refractivity contribution in [2.24, 2.45) is 4.40 Å². The van der Waals surface area contributed by atoms with Gasteiger partial charge in [-0.1, -0.05) is 22.9 Å². The number of esters is 1. The minimum atomic E-state index is -3.96. The molecule has 6 nitrogen and oxygen atoms in total. The summed E-state index contributed by atoms with van der Waals surface area (Å²) < 4.78 is 37.0. The maximum Gasteiger partial charge on any atom is 0.326 e. The van der Waals surface area contributed by atoms with Crippen LogP contribution in [0.15, 0.2) is 45.7 Å². The van der Waals surface area contributed by atoms with Crippen molar-refractivity contribution >= 4 is 49.1 Å². The summed E-state index contributed by atoms with van der Waals surface area (Å²) in [7, 11) is -3.96. The van der Waals surface area contributed by atoms with Crippen LogP contribution in [-0.2, 0) is 26.1 Å². The standard InChI is InChI=1S/C19H19ClN2O4S2/c1-4-26-18(23)11-22-16-9-12(2)13(3)10-17(16)27-19(22)21-28(24,25)15-7-5-14(20)6-8-15/h5-10H,4,11H2,1-3H3/b21-19-. The van der Waals surface area contributed by atoms with Crippen molar-refractivity contribution in [1.82, 2.24) is 4.57 Å². The highest BCUT2D eigenvalue weighted by Gasteiger charge is 2.17. The highest BCUT2D eigenvalue weighted by atomic mass is 35.5. The van der Waals surface area contributed by atoms with Crippen molar-refractivity contribution in [3.05, 3.63) is 57.3 Å². The lowest BCUT2D eigenvalue weighted by atomic mass is 10.1. The van der Waals surface area contributed by atoms with E-state index < -0.39 is 16.0 Å².